The van der Waals surface area contributed by atoms with Crippen molar-refractivity contribution in [3.8, 4) is 5.75 Å². The van der Waals surface area contributed by atoms with E-state index in [2.05, 4.69) is 5.32 Å². The first-order chi connectivity index (χ1) is 11.0. The third kappa shape index (κ3) is 4.57. The van der Waals surface area contributed by atoms with Crippen molar-refractivity contribution in [1.82, 2.24) is 5.32 Å². The first-order valence-electron chi connectivity index (χ1n) is 7.28. The maximum atomic E-state index is 11.9. The Labute approximate surface area is 134 Å². The Morgan fingerprint density at radius 2 is 1.87 bits per heavy atom. The highest BCUT2D eigenvalue weighted by Crippen LogP contribution is 2.19. The number of esters is 1. The fraction of sp³-hybridized carbons (Fsp3) is 0.222. The Hall–Kier alpha value is -2.82. The summed E-state index contributed by atoms with van der Waals surface area (Å²) in [5, 5.41) is 12.5. The summed E-state index contributed by atoms with van der Waals surface area (Å²) in [5.74, 6) is -1.29. The highest BCUT2D eigenvalue weighted by molar-refractivity contribution is 5.94. The number of carbonyl (C=O) groups is 2. The van der Waals surface area contributed by atoms with Crippen LogP contribution in [-0.2, 0) is 9.53 Å². The van der Waals surface area contributed by atoms with Crippen molar-refractivity contribution in [2.75, 3.05) is 6.61 Å². The molecule has 2 rings (SSSR count). The average Bonchev–Trinajstić information content (AvgIpc) is 2.53. The van der Waals surface area contributed by atoms with Gasteiger partial charge in [0.2, 0.25) is 0 Å². The molecular formula is C18H19NO4. The largest absolute Gasteiger partial charge is 0.507 e. The van der Waals surface area contributed by atoms with Gasteiger partial charge in [0.1, 0.15) is 11.3 Å². The second-order valence-electron chi connectivity index (χ2n) is 5.30. The zero-order chi connectivity index (χ0) is 16.8. The number of phenolic OH excluding ortho intramolecular Hbond substituents is 1. The molecule has 0 radical (unpaired) electrons. The fourth-order valence-corrected chi connectivity index (χ4v) is 2.13. The van der Waals surface area contributed by atoms with Gasteiger partial charge in [-0.25, -0.2) is 4.79 Å². The summed E-state index contributed by atoms with van der Waals surface area (Å²) in [5.41, 5.74) is 1.83. The maximum Gasteiger partial charge on any atom is 0.342 e. The minimum absolute atomic E-state index is 0.0412. The first-order valence-corrected chi connectivity index (χ1v) is 7.28. The minimum atomic E-state index is -0.731. The summed E-state index contributed by atoms with van der Waals surface area (Å²) in [6.07, 6.45) is 0. The van der Waals surface area contributed by atoms with E-state index >= 15 is 0 Å². The first kappa shape index (κ1) is 16.5. The zero-order valence-corrected chi connectivity index (χ0v) is 13.1. The number of amides is 1. The van der Waals surface area contributed by atoms with Gasteiger partial charge in [-0.1, -0.05) is 36.4 Å². The summed E-state index contributed by atoms with van der Waals surface area (Å²) in [7, 11) is 0. The number of ether oxygens (including phenoxy) is 1. The maximum absolute atomic E-state index is 11.9. The molecule has 0 fully saturated rings. The summed E-state index contributed by atoms with van der Waals surface area (Å²) in [6, 6.07) is 13.9. The Morgan fingerprint density at radius 3 is 2.52 bits per heavy atom. The van der Waals surface area contributed by atoms with Gasteiger partial charge >= 0.3 is 5.97 Å². The molecule has 0 bridgehead atoms. The van der Waals surface area contributed by atoms with Gasteiger partial charge < -0.3 is 15.2 Å². The van der Waals surface area contributed by atoms with Crippen LogP contribution in [0.25, 0.3) is 0 Å². The van der Waals surface area contributed by atoms with Crippen LogP contribution in [0.5, 0.6) is 5.75 Å². The predicted octanol–water partition coefficient (Wildman–Crippen LogP) is 2.73. The standard InChI is InChI=1S/C18H19NO4/c1-12-8-9-15(16(20)10-12)18(22)23-11-17(21)19-13(2)14-6-4-3-5-7-14/h3-10,13,20H,11H2,1-2H3,(H,19,21)/t13-/m1/s1. The Morgan fingerprint density at radius 1 is 1.17 bits per heavy atom. The van der Waals surface area contributed by atoms with Gasteiger partial charge in [0.25, 0.3) is 5.91 Å². The SMILES string of the molecule is Cc1ccc(C(=O)OCC(=O)N[C@H](C)c2ccccc2)c(O)c1. The van der Waals surface area contributed by atoms with Crippen molar-refractivity contribution in [3.05, 3.63) is 65.2 Å². The summed E-state index contributed by atoms with van der Waals surface area (Å²) >= 11 is 0. The van der Waals surface area contributed by atoms with Crippen LogP contribution < -0.4 is 5.32 Å². The number of hydrogen-bond acceptors (Lipinski definition) is 4. The van der Waals surface area contributed by atoms with Gasteiger partial charge in [-0.15, -0.1) is 0 Å². The number of rotatable bonds is 5. The quantitative estimate of drug-likeness (QED) is 0.832. The van der Waals surface area contributed by atoms with E-state index in [1.807, 2.05) is 37.3 Å². The molecule has 0 heterocycles. The van der Waals surface area contributed by atoms with Gasteiger partial charge in [-0.3, -0.25) is 4.79 Å². The molecule has 1 atom stereocenters. The molecule has 0 saturated heterocycles. The van der Waals surface area contributed by atoms with Crippen LogP contribution >= 0.6 is 0 Å². The number of aromatic hydroxyl groups is 1. The summed E-state index contributed by atoms with van der Waals surface area (Å²) < 4.78 is 4.94. The minimum Gasteiger partial charge on any atom is -0.507 e. The molecule has 23 heavy (non-hydrogen) atoms. The average molecular weight is 313 g/mol. The van der Waals surface area contributed by atoms with E-state index in [4.69, 9.17) is 4.74 Å². The second kappa shape index (κ2) is 7.45. The van der Waals surface area contributed by atoms with Crippen molar-refractivity contribution >= 4 is 11.9 Å². The van der Waals surface area contributed by atoms with Gasteiger partial charge in [0, 0.05) is 0 Å². The van der Waals surface area contributed by atoms with E-state index in [1.165, 1.54) is 12.1 Å². The molecule has 0 aliphatic carbocycles. The summed E-state index contributed by atoms with van der Waals surface area (Å²) in [4.78, 5) is 23.7. The van der Waals surface area contributed by atoms with Crippen molar-refractivity contribution in [1.29, 1.82) is 0 Å². The monoisotopic (exact) mass is 313 g/mol. The van der Waals surface area contributed by atoms with Crippen LogP contribution in [-0.4, -0.2) is 23.6 Å². The van der Waals surface area contributed by atoms with Crippen LogP contribution in [0.2, 0.25) is 0 Å². The third-order valence-electron chi connectivity index (χ3n) is 3.38. The van der Waals surface area contributed by atoms with Crippen molar-refractivity contribution in [3.63, 3.8) is 0 Å². The molecule has 5 nitrogen and oxygen atoms in total. The highest BCUT2D eigenvalue weighted by Gasteiger charge is 2.15. The highest BCUT2D eigenvalue weighted by atomic mass is 16.5. The number of carbonyl (C=O) groups excluding carboxylic acids is 2. The Kier molecular flexibility index (Phi) is 5.36. The van der Waals surface area contributed by atoms with Crippen LogP contribution in [0.15, 0.2) is 48.5 Å². The van der Waals surface area contributed by atoms with Crippen molar-refractivity contribution < 1.29 is 19.4 Å². The molecular weight excluding hydrogens is 294 g/mol. The van der Waals surface area contributed by atoms with Crippen LogP contribution in [0.4, 0.5) is 0 Å². The van der Waals surface area contributed by atoms with Gasteiger partial charge in [-0.05, 0) is 37.1 Å². The molecule has 2 aromatic rings. The normalized spacial score (nSPS) is 11.6. The number of phenols is 1. The Balaban J connectivity index is 1.88. The van der Waals surface area contributed by atoms with Crippen LogP contribution in [0, 0.1) is 6.92 Å². The fourth-order valence-electron chi connectivity index (χ4n) is 2.13. The zero-order valence-electron chi connectivity index (χ0n) is 13.1. The number of nitrogens with one attached hydrogen (secondary N) is 1. The van der Waals surface area contributed by atoms with Gasteiger partial charge in [-0.2, -0.15) is 0 Å². The van der Waals surface area contributed by atoms with Crippen LogP contribution in [0.3, 0.4) is 0 Å². The molecule has 0 spiro atoms. The lowest BCUT2D eigenvalue weighted by atomic mass is 10.1. The molecule has 120 valence electrons. The lowest BCUT2D eigenvalue weighted by molar-refractivity contribution is -0.124. The van der Waals surface area contributed by atoms with E-state index in [0.29, 0.717) is 0 Å². The molecule has 5 heteroatoms. The van der Waals surface area contributed by atoms with E-state index in [9.17, 15) is 14.7 Å². The number of benzene rings is 2. The topological polar surface area (TPSA) is 75.6 Å². The Bertz CT molecular complexity index is 697. The molecule has 0 aliphatic heterocycles. The van der Waals surface area contributed by atoms with E-state index in [-0.39, 0.29) is 17.4 Å². The predicted molar refractivity (Wildman–Crippen MR) is 86.1 cm³/mol. The van der Waals surface area contributed by atoms with Gasteiger partial charge in [0.05, 0.1) is 6.04 Å². The molecule has 0 aliphatic rings. The lowest BCUT2D eigenvalue weighted by Gasteiger charge is -2.14. The molecule has 1 amide bonds. The van der Waals surface area contributed by atoms with Crippen molar-refractivity contribution in [2.45, 2.75) is 19.9 Å². The molecule has 2 aromatic carbocycles. The third-order valence-corrected chi connectivity index (χ3v) is 3.38. The molecule has 0 aromatic heterocycles. The lowest BCUT2D eigenvalue weighted by Crippen LogP contribution is -2.31. The van der Waals surface area contributed by atoms with Crippen molar-refractivity contribution in [2.24, 2.45) is 0 Å². The number of aryl methyl sites for hydroxylation is 1. The van der Waals surface area contributed by atoms with E-state index in [1.54, 1.807) is 13.0 Å². The van der Waals surface area contributed by atoms with Gasteiger partial charge in [0.15, 0.2) is 6.61 Å². The molecule has 2 N–H and O–H groups in total. The van der Waals surface area contributed by atoms with Crippen LogP contribution in [0.1, 0.15) is 34.5 Å². The number of hydrogen-bond donors (Lipinski definition) is 2. The smallest absolute Gasteiger partial charge is 0.342 e. The molecule has 0 unspecified atom stereocenters. The van der Waals surface area contributed by atoms with E-state index in [0.717, 1.165) is 11.1 Å². The second-order valence-corrected chi connectivity index (χ2v) is 5.30. The summed E-state index contributed by atoms with van der Waals surface area (Å²) in [6.45, 7) is 3.25. The molecule has 0 saturated carbocycles. The van der Waals surface area contributed by atoms with E-state index < -0.39 is 18.5 Å².